The first kappa shape index (κ1) is 12.5. The van der Waals surface area contributed by atoms with Gasteiger partial charge in [0.05, 0.1) is 0 Å². The molecule has 0 saturated carbocycles. The lowest BCUT2D eigenvalue weighted by Crippen LogP contribution is -1.94. The number of rotatable bonds is 4. The molecule has 1 rings (SSSR count). The Kier molecular flexibility index (Phi) is 4.29. The van der Waals surface area contributed by atoms with Crippen LogP contribution in [-0.2, 0) is 11.2 Å². The molecule has 1 aromatic carbocycles. The highest BCUT2D eigenvalue weighted by Gasteiger charge is 2.03. The molecule has 0 aliphatic carbocycles. The number of carboxylic acids is 1. The molecule has 0 aliphatic heterocycles. The van der Waals surface area contributed by atoms with Crippen LogP contribution in [0.4, 0.5) is 0 Å². The fraction of sp³-hybridized carbons (Fsp3) is 0.357. The summed E-state index contributed by atoms with van der Waals surface area (Å²) in [5.74, 6) is -0.405. The van der Waals surface area contributed by atoms with Crippen molar-refractivity contribution < 1.29 is 9.90 Å². The van der Waals surface area contributed by atoms with Crippen molar-refractivity contribution in [3.05, 3.63) is 41.0 Å². The molecule has 0 aliphatic rings. The van der Waals surface area contributed by atoms with Gasteiger partial charge in [-0.2, -0.15) is 0 Å². The van der Waals surface area contributed by atoms with Gasteiger partial charge in [0.15, 0.2) is 0 Å². The summed E-state index contributed by atoms with van der Waals surface area (Å²) >= 11 is 0. The largest absolute Gasteiger partial charge is 0.478 e. The normalized spacial score (nSPS) is 11.2. The van der Waals surface area contributed by atoms with E-state index in [0.717, 1.165) is 12.0 Å². The van der Waals surface area contributed by atoms with Crippen molar-refractivity contribution in [1.82, 2.24) is 0 Å². The number of carboxylic acid groups (broad SMARTS) is 1. The Hall–Kier alpha value is -1.57. The molecule has 0 saturated heterocycles. The third-order valence-electron chi connectivity index (χ3n) is 2.62. The summed E-state index contributed by atoms with van der Waals surface area (Å²) in [6.45, 7) is 6.39. The molecular formula is C14H18O2. The second-order valence-corrected chi connectivity index (χ2v) is 4.14. The zero-order valence-corrected chi connectivity index (χ0v) is 10.0. The zero-order valence-electron chi connectivity index (χ0n) is 10.0. The van der Waals surface area contributed by atoms with Gasteiger partial charge in [-0.15, -0.1) is 0 Å². The van der Waals surface area contributed by atoms with E-state index in [0.29, 0.717) is 5.92 Å². The first-order valence-corrected chi connectivity index (χ1v) is 5.58. The number of hydrogen-bond donors (Lipinski definition) is 1. The summed E-state index contributed by atoms with van der Waals surface area (Å²) in [5.41, 5.74) is 3.49. The molecule has 2 heteroatoms. The van der Waals surface area contributed by atoms with Crippen LogP contribution in [0.25, 0.3) is 6.08 Å². The van der Waals surface area contributed by atoms with Crippen LogP contribution in [0.5, 0.6) is 0 Å². The van der Waals surface area contributed by atoms with Gasteiger partial charge in [0.25, 0.3) is 0 Å². The van der Waals surface area contributed by atoms with Gasteiger partial charge >= 0.3 is 5.97 Å². The van der Waals surface area contributed by atoms with E-state index >= 15 is 0 Å². The number of aryl methyl sites for hydroxylation is 1. The monoisotopic (exact) mass is 218 g/mol. The first-order chi connectivity index (χ1) is 7.54. The molecule has 0 atom stereocenters. The minimum absolute atomic E-state index is 0.503. The second kappa shape index (κ2) is 5.50. The maximum atomic E-state index is 10.5. The van der Waals surface area contributed by atoms with Crippen LogP contribution >= 0.6 is 0 Å². The highest BCUT2D eigenvalue weighted by Crippen LogP contribution is 2.20. The Morgan fingerprint density at radius 2 is 2.12 bits per heavy atom. The number of benzene rings is 1. The van der Waals surface area contributed by atoms with Crippen LogP contribution in [0.2, 0.25) is 0 Å². The van der Waals surface area contributed by atoms with E-state index in [1.54, 1.807) is 6.08 Å². The molecule has 0 radical (unpaired) electrons. The van der Waals surface area contributed by atoms with Crippen molar-refractivity contribution in [2.45, 2.75) is 33.1 Å². The van der Waals surface area contributed by atoms with E-state index < -0.39 is 5.97 Å². The Balaban J connectivity index is 3.07. The molecule has 0 unspecified atom stereocenters. The van der Waals surface area contributed by atoms with E-state index in [1.807, 2.05) is 6.07 Å². The summed E-state index contributed by atoms with van der Waals surface area (Å²) in [5, 5.41) is 8.59. The maximum absolute atomic E-state index is 10.5. The number of hydrogen-bond acceptors (Lipinski definition) is 1. The Morgan fingerprint density at radius 1 is 1.44 bits per heavy atom. The van der Waals surface area contributed by atoms with Crippen LogP contribution in [0.1, 0.15) is 43.4 Å². The minimum Gasteiger partial charge on any atom is -0.478 e. The lowest BCUT2D eigenvalue weighted by molar-refractivity contribution is -0.131. The summed E-state index contributed by atoms with van der Waals surface area (Å²) in [6.07, 6.45) is 3.76. The highest BCUT2D eigenvalue weighted by atomic mass is 16.4. The minimum atomic E-state index is -0.907. The molecule has 86 valence electrons. The van der Waals surface area contributed by atoms with Gasteiger partial charge in [0.1, 0.15) is 0 Å². The number of aliphatic carboxylic acids is 1. The van der Waals surface area contributed by atoms with Crippen molar-refractivity contribution in [1.29, 1.82) is 0 Å². The lowest BCUT2D eigenvalue weighted by atomic mass is 9.96. The van der Waals surface area contributed by atoms with Crippen LogP contribution in [0, 0.1) is 0 Å². The molecule has 16 heavy (non-hydrogen) atoms. The third kappa shape index (κ3) is 3.23. The fourth-order valence-electron chi connectivity index (χ4n) is 1.61. The molecule has 0 bridgehead atoms. The maximum Gasteiger partial charge on any atom is 0.328 e. The number of carbonyl (C=O) groups is 1. The molecule has 1 aromatic rings. The van der Waals surface area contributed by atoms with Crippen LogP contribution in [0.15, 0.2) is 24.3 Å². The van der Waals surface area contributed by atoms with E-state index in [-0.39, 0.29) is 0 Å². The smallest absolute Gasteiger partial charge is 0.328 e. The van der Waals surface area contributed by atoms with E-state index in [2.05, 4.69) is 32.9 Å². The second-order valence-electron chi connectivity index (χ2n) is 4.14. The zero-order chi connectivity index (χ0) is 12.1. The van der Waals surface area contributed by atoms with Crippen LogP contribution < -0.4 is 0 Å². The van der Waals surface area contributed by atoms with Crippen molar-refractivity contribution in [3.8, 4) is 0 Å². The fourth-order valence-corrected chi connectivity index (χ4v) is 1.61. The molecular weight excluding hydrogens is 200 g/mol. The van der Waals surface area contributed by atoms with Crippen molar-refractivity contribution in [3.63, 3.8) is 0 Å². The van der Waals surface area contributed by atoms with Crippen molar-refractivity contribution in [2.75, 3.05) is 0 Å². The molecule has 2 nitrogen and oxygen atoms in total. The molecule has 0 aromatic heterocycles. The average molecular weight is 218 g/mol. The summed E-state index contributed by atoms with van der Waals surface area (Å²) < 4.78 is 0. The SMILES string of the molecule is CCc1cc(C(C)C)ccc1/C=C/C(=O)O. The van der Waals surface area contributed by atoms with E-state index in [4.69, 9.17) is 5.11 Å². The van der Waals surface area contributed by atoms with Gasteiger partial charge in [0, 0.05) is 6.08 Å². The summed E-state index contributed by atoms with van der Waals surface area (Å²) in [7, 11) is 0. The molecule has 0 amide bonds. The van der Waals surface area contributed by atoms with Gasteiger partial charge in [0.2, 0.25) is 0 Å². The van der Waals surface area contributed by atoms with Gasteiger partial charge in [-0.3, -0.25) is 0 Å². The van der Waals surface area contributed by atoms with Crippen LogP contribution in [-0.4, -0.2) is 11.1 Å². The van der Waals surface area contributed by atoms with Crippen molar-refractivity contribution in [2.24, 2.45) is 0 Å². The Bertz CT molecular complexity index is 403. The topological polar surface area (TPSA) is 37.3 Å². The van der Waals surface area contributed by atoms with Gasteiger partial charge in [-0.1, -0.05) is 39.0 Å². The molecule has 0 heterocycles. The van der Waals surface area contributed by atoms with Crippen LogP contribution in [0.3, 0.4) is 0 Å². The molecule has 0 spiro atoms. The average Bonchev–Trinajstić information content (AvgIpc) is 2.25. The quantitative estimate of drug-likeness (QED) is 0.786. The van der Waals surface area contributed by atoms with Gasteiger partial charge < -0.3 is 5.11 Å². The third-order valence-corrected chi connectivity index (χ3v) is 2.62. The van der Waals surface area contributed by atoms with E-state index in [9.17, 15) is 4.79 Å². The molecule has 0 fully saturated rings. The predicted molar refractivity (Wildman–Crippen MR) is 66.6 cm³/mol. The van der Waals surface area contributed by atoms with E-state index in [1.165, 1.54) is 17.2 Å². The van der Waals surface area contributed by atoms with Gasteiger partial charge in [-0.25, -0.2) is 4.79 Å². The van der Waals surface area contributed by atoms with Crippen molar-refractivity contribution >= 4 is 12.0 Å². The standard InChI is InChI=1S/C14H18O2/c1-4-11-9-13(10(2)3)6-5-12(11)7-8-14(15)16/h5-10H,4H2,1-3H3,(H,15,16)/b8-7+. The summed E-state index contributed by atoms with van der Waals surface area (Å²) in [4.78, 5) is 10.5. The lowest BCUT2D eigenvalue weighted by Gasteiger charge is -2.10. The Morgan fingerprint density at radius 3 is 2.62 bits per heavy atom. The van der Waals surface area contributed by atoms with Gasteiger partial charge in [-0.05, 0) is 35.1 Å². The summed E-state index contributed by atoms with van der Waals surface area (Å²) in [6, 6.07) is 6.21. The first-order valence-electron chi connectivity index (χ1n) is 5.58. The highest BCUT2D eigenvalue weighted by molar-refractivity contribution is 5.85. The Labute approximate surface area is 96.6 Å². The molecule has 1 N–H and O–H groups in total. The predicted octanol–water partition coefficient (Wildman–Crippen LogP) is 3.47.